The van der Waals surface area contributed by atoms with Crippen molar-refractivity contribution in [1.82, 2.24) is 0 Å². The molecule has 0 amide bonds. The molecule has 0 radical (unpaired) electrons. The lowest BCUT2D eigenvalue weighted by atomic mass is 9.54. The normalized spacial score (nSPS) is 60.6. The Morgan fingerprint density at radius 1 is 1.00 bits per heavy atom. The van der Waals surface area contributed by atoms with Gasteiger partial charge >= 0.3 is 0 Å². The molecule has 82 valence electrons. The summed E-state index contributed by atoms with van der Waals surface area (Å²) in [6.07, 6.45) is 7.04. The zero-order chi connectivity index (χ0) is 11.0. The second kappa shape index (κ2) is 2.45. The third kappa shape index (κ3) is 0.639. The first-order valence-corrected chi connectivity index (χ1v) is 6.60. The quantitative estimate of drug-likeness (QED) is 0.580. The number of nitriles is 2. The van der Waals surface area contributed by atoms with E-state index in [1.54, 1.807) is 0 Å². The topological polar surface area (TPSA) is 47.6 Å². The third-order valence-corrected chi connectivity index (χ3v) is 6.40. The van der Waals surface area contributed by atoms with Crippen molar-refractivity contribution < 1.29 is 0 Å². The summed E-state index contributed by atoms with van der Waals surface area (Å²) in [6.45, 7) is 0. The first-order chi connectivity index (χ1) is 7.77. The van der Waals surface area contributed by atoms with Crippen LogP contribution in [0.1, 0.15) is 38.5 Å². The molecule has 0 aliphatic heterocycles. The summed E-state index contributed by atoms with van der Waals surface area (Å²) in [5, 5.41) is 19.4. The van der Waals surface area contributed by atoms with Crippen molar-refractivity contribution >= 4 is 0 Å². The van der Waals surface area contributed by atoms with Crippen LogP contribution in [0.3, 0.4) is 0 Å². The fraction of sp³-hybridized carbons (Fsp3) is 0.857. The molecule has 4 aliphatic rings. The second-order valence-electron chi connectivity index (χ2n) is 6.47. The van der Waals surface area contributed by atoms with E-state index in [1.165, 1.54) is 25.7 Å². The van der Waals surface area contributed by atoms with Crippen molar-refractivity contribution in [1.29, 1.82) is 10.5 Å². The predicted molar refractivity (Wildman–Crippen MR) is 57.8 cm³/mol. The Labute approximate surface area is 96.2 Å². The van der Waals surface area contributed by atoms with Crippen molar-refractivity contribution in [3.05, 3.63) is 0 Å². The molecule has 4 bridgehead atoms. The maximum atomic E-state index is 9.77. The van der Waals surface area contributed by atoms with Crippen LogP contribution in [-0.4, -0.2) is 0 Å². The van der Waals surface area contributed by atoms with Gasteiger partial charge in [-0.3, -0.25) is 0 Å². The van der Waals surface area contributed by atoms with Crippen LogP contribution in [0, 0.1) is 57.2 Å². The van der Waals surface area contributed by atoms with Gasteiger partial charge in [-0.15, -0.1) is 0 Å². The molecule has 0 aromatic carbocycles. The van der Waals surface area contributed by atoms with E-state index in [9.17, 15) is 10.5 Å². The van der Waals surface area contributed by atoms with Crippen molar-refractivity contribution in [2.75, 3.05) is 0 Å². The second-order valence-corrected chi connectivity index (χ2v) is 6.47. The zero-order valence-corrected chi connectivity index (χ0v) is 9.45. The molecule has 0 aromatic heterocycles. The highest BCUT2D eigenvalue weighted by Crippen LogP contribution is 2.78. The molecule has 2 heteroatoms. The van der Waals surface area contributed by atoms with Crippen LogP contribution in [0.15, 0.2) is 0 Å². The Hall–Kier alpha value is -1.02. The Bertz CT molecular complexity index is 443. The van der Waals surface area contributed by atoms with E-state index in [0.717, 1.165) is 18.8 Å². The summed E-state index contributed by atoms with van der Waals surface area (Å²) in [5.41, 5.74) is -0.482. The van der Waals surface area contributed by atoms with Crippen LogP contribution >= 0.6 is 0 Å². The third-order valence-electron chi connectivity index (χ3n) is 6.40. The molecule has 6 unspecified atom stereocenters. The van der Waals surface area contributed by atoms with Gasteiger partial charge in [0.15, 0.2) is 0 Å². The van der Waals surface area contributed by atoms with Gasteiger partial charge in [-0.1, -0.05) is 0 Å². The average Bonchev–Trinajstić information content (AvgIpc) is 3.05. The van der Waals surface area contributed by atoms with E-state index in [-0.39, 0.29) is 10.8 Å². The molecule has 16 heavy (non-hydrogen) atoms. The highest BCUT2D eigenvalue weighted by Gasteiger charge is 2.76. The lowest BCUT2D eigenvalue weighted by Crippen LogP contribution is -2.46. The van der Waals surface area contributed by atoms with Gasteiger partial charge in [0.25, 0.3) is 0 Å². The van der Waals surface area contributed by atoms with Crippen LogP contribution < -0.4 is 0 Å². The van der Waals surface area contributed by atoms with E-state index < -0.39 is 0 Å². The number of fused-ring (bicyclic) bond motifs is 9. The van der Waals surface area contributed by atoms with Gasteiger partial charge in [0, 0.05) is 0 Å². The van der Waals surface area contributed by atoms with Crippen molar-refractivity contribution in [2.24, 2.45) is 34.5 Å². The van der Waals surface area contributed by atoms with Crippen LogP contribution in [0.2, 0.25) is 0 Å². The van der Waals surface area contributed by atoms with Crippen molar-refractivity contribution in [3.8, 4) is 12.1 Å². The van der Waals surface area contributed by atoms with E-state index in [2.05, 4.69) is 12.1 Å². The van der Waals surface area contributed by atoms with Gasteiger partial charge in [0.05, 0.1) is 23.0 Å². The maximum absolute atomic E-state index is 9.77. The minimum Gasteiger partial charge on any atom is -0.198 e. The molecule has 2 nitrogen and oxygen atoms in total. The first kappa shape index (κ1) is 9.06. The summed E-state index contributed by atoms with van der Waals surface area (Å²) >= 11 is 0. The van der Waals surface area contributed by atoms with Gasteiger partial charge in [0.1, 0.15) is 0 Å². The molecule has 4 saturated carbocycles. The molecule has 4 fully saturated rings. The first-order valence-electron chi connectivity index (χ1n) is 6.60. The van der Waals surface area contributed by atoms with Crippen molar-refractivity contribution in [3.63, 3.8) is 0 Å². The zero-order valence-electron chi connectivity index (χ0n) is 9.45. The summed E-state index contributed by atoms with van der Waals surface area (Å²) in [7, 11) is 0. The Balaban J connectivity index is 1.95. The summed E-state index contributed by atoms with van der Waals surface area (Å²) < 4.78 is 0. The number of hydrogen-bond donors (Lipinski definition) is 0. The molecular weight excluding hydrogens is 196 g/mol. The van der Waals surface area contributed by atoms with Gasteiger partial charge in [-0.2, -0.15) is 10.5 Å². The molecule has 0 heterocycles. The monoisotopic (exact) mass is 212 g/mol. The predicted octanol–water partition coefficient (Wildman–Crippen LogP) is 2.87. The molecule has 0 N–H and O–H groups in total. The Morgan fingerprint density at radius 2 is 1.88 bits per heavy atom. The standard InChI is InChI=1S/C14H16N2/c15-7-13-4-3-10(6-13)12-9-1-2-11(5-9)14(12,13)8-16/h9-12H,1-6H2. The Morgan fingerprint density at radius 3 is 2.62 bits per heavy atom. The smallest absolute Gasteiger partial charge is 0.0821 e. The number of hydrogen-bond acceptors (Lipinski definition) is 2. The average molecular weight is 212 g/mol. The highest BCUT2D eigenvalue weighted by atomic mass is 14.8. The summed E-state index contributed by atoms with van der Waals surface area (Å²) in [5.74, 6) is 2.63. The molecule has 0 saturated heterocycles. The van der Waals surface area contributed by atoms with Gasteiger partial charge in [0.2, 0.25) is 0 Å². The number of rotatable bonds is 0. The van der Waals surface area contributed by atoms with E-state index >= 15 is 0 Å². The van der Waals surface area contributed by atoms with E-state index in [1.807, 2.05) is 0 Å². The minimum atomic E-state index is -0.253. The maximum Gasteiger partial charge on any atom is 0.0821 e. The lowest BCUT2D eigenvalue weighted by molar-refractivity contribution is 0.0415. The molecule has 6 atom stereocenters. The molecule has 4 aliphatic carbocycles. The van der Waals surface area contributed by atoms with Gasteiger partial charge < -0.3 is 0 Å². The molecule has 0 aromatic rings. The summed E-state index contributed by atoms with van der Waals surface area (Å²) in [6, 6.07) is 5.27. The largest absolute Gasteiger partial charge is 0.198 e. The fourth-order valence-corrected chi connectivity index (χ4v) is 6.10. The Kier molecular flexibility index (Phi) is 1.39. The molecule has 0 spiro atoms. The minimum absolute atomic E-state index is 0.229. The van der Waals surface area contributed by atoms with Gasteiger partial charge in [-0.05, 0) is 62.2 Å². The fourth-order valence-electron chi connectivity index (χ4n) is 6.10. The van der Waals surface area contributed by atoms with E-state index in [4.69, 9.17) is 0 Å². The summed E-state index contributed by atoms with van der Waals surface area (Å²) in [4.78, 5) is 0. The molecule has 4 rings (SSSR count). The molecular formula is C14H16N2. The highest BCUT2D eigenvalue weighted by molar-refractivity contribution is 5.34. The van der Waals surface area contributed by atoms with Crippen LogP contribution in [-0.2, 0) is 0 Å². The van der Waals surface area contributed by atoms with Crippen LogP contribution in [0.4, 0.5) is 0 Å². The van der Waals surface area contributed by atoms with Gasteiger partial charge in [-0.25, -0.2) is 0 Å². The number of nitrogens with zero attached hydrogens (tertiary/aromatic N) is 2. The lowest BCUT2D eigenvalue weighted by Gasteiger charge is -2.45. The van der Waals surface area contributed by atoms with Crippen LogP contribution in [0.25, 0.3) is 0 Å². The van der Waals surface area contributed by atoms with E-state index in [0.29, 0.717) is 17.8 Å². The SMILES string of the molecule is N#CC12CCC(C1)C1C3CCC(C3)C12C#N. The van der Waals surface area contributed by atoms with Crippen molar-refractivity contribution in [2.45, 2.75) is 38.5 Å². The van der Waals surface area contributed by atoms with Crippen LogP contribution in [0.5, 0.6) is 0 Å².